The molecule has 0 bridgehead atoms. The van der Waals surface area contributed by atoms with Gasteiger partial charge in [0, 0.05) is 10.0 Å². The standard InChI is InChI=1S/C16H14BrFO2/c1-11(16(19)13-4-8-15(18)9-5-13)20-10-12-2-6-14(17)7-3-12/h2-9,11H,10H2,1H3. The highest BCUT2D eigenvalue weighted by molar-refractivity contribution is 9.10. The van der Waals surface area contributed by atoms with E-state index in [1.807, 2.05) is 24.3 Å². The van der Waals surface area contributed by atoms with Gasteiger partial charge in [-0.05, 0) is 48.9 Å². The molecule has 0 aliphatic heterocycles. The molecule has 1 unspecified atom stereocenters. The number of ether oxygens (including phenoxy) is 1. The fourth-order valence-electron chi connectivity index (χ4n) is 1.73. The zero-order valence-electron chi connectivity index (χ0n) is 11.0. The van der Waals surface area contributed by atoms with Gasteiger partial charge in [0.2, 0.25) is 0 Å². The number of benzene rings is 2. The average molecular weight is 337 g/mol. The Hall–Kier alpha value is -1.52. The molecule has 20 heavy (non-hydrogen) atoms. The fourth-order valence-corrected chi connectivity index (χ4v) is 1.99. The van der Waals surface area contributed by atoms with Crippen LogP contribution >= 0.6 is 15.9 Å². The molecule has 0 aliphatic rings. The predicted molar refractivity (Wildman–Crippen MR) is 79.1 cm³/mol. The van der Waals surface area contributed by atoms with Gasteiger partial charge in [-0.1, -0.05) is 28.1 Å². The number of rotatable bonds is 5. The lowest BCUT2D eigenvalue weighted by atomic mass is 10.1. The summed E-state index contributed by atoms with van der Waals surface area (Å²) < 4.78 is 19.4. The van der Waals surface area contributed by atoms with Gasteiger partial charge in [-0.15, -0.1) is 0 Å². The second kappa shape index (κ2) is 6.77. The first-order chi connectivity index (χ1) is 9.56. The minimum Gasteiger partial charge on any atom is -0.366 e. The minimum atomic E-state index is -0.566. The van der Waals surface area contributed by atoms with E-state index in [1.165, 1.54) is 24.3 Å². The summed E-state index contributed by atoms with van der Waals surface area (Å²) in [6, 6.07) is 13.2. The van der Waals surface area contributed by atoms with Gasteiger partial charge in [-0.2, -0.15) is 0 Å². The Morgan fingerprint density at radius 1 is 1.15 bits per heavy atom. The van der Waals surface area contributed by atoms with Crippen molar-refractivity contribution in [2.75, 3.05) is 0 Å². The Morgan fingerprint density at radius 3 is 2.35 bits per heavy atom. The molecular weight excluding hydrogens is 323 g/mol. The number of Topliss-reactive ketones (excluding diaryl/α,β-unsaturated/α-hetero) is 1. The third kappa shape index (κ3) is 3.99. The maximum absolute atomic E-state index is 12.8. The average Bonchev–Trinajstić information content (AvgIpc) is 2.46. The molecule has 0 aliphatic carbocycles. The van der Waals surface area contributed by atoms with Crippen molar-refractivity contribution >= 4 is 21.7 Å². The normalized spacial score (nSPS) is 12.2. The summed E-state index contributed by atoms with van der Waals surface area (Å²) >= 11 is 3.36. The van der Waals surface area contributed by atoms with E-state index in [4.69, 9.17) is 4.74 Å². The SMILES string of the molecule is CC(OCc1ccc(Br)cc1)C(=O)c1ccc(F)cc1. The molecule has 2 aromatic rings. The Balaban J connectivity index is 1.94. The van der Waals surface area contributed by atoms with Crippen molar-refractivity contribution in [3.8, 4) is 0 Å². The Labute approximate surface area is 125 Å². The largest absolute Gasteiger partial charge is 0.366 e. The zero-order chi connectivity index (χ0) is 14.5. The topological polar surface area (TPSA) is 26.3 Å². The van der Waals surface area contributed by atoms with E-state index in [0.29, 0.717) is 12.2 Å². The molecule has 0 saturated carbocycles. The fraction of sp³-hybridized carbons (Fsp3) is 0.188. The first-order valence-corrected chi connectivity index (χ1v) is 7.01. The van der Waals surface area contributed by atoms with Gasteiger partial charge in [-0.3, -0.25) is 4.79 Å². The Kier molecular flexibility index (Phi) is 5.04. The zero-order valence-corrected chi connectivity index (χ0v) is 12.6. The molecular formula is C16H14BrFO2. The highest BCUT2D eigenvalue weighted by Crippen LogP contribution is 2.13. The Morgan fingerprint density at radius 2 is 1.75 bits per heavy atom. The molecule has 0 fully saturated rings. The van der Waals surface area contributed by atoms with Crippen LogP contribution in [0, 0.1) is 5.82 Å². The molecule has 0 N–H and O–H groups in total. The highest BCUT2D eigenvalue weighted by atomic mass is 79.9. The van der Waals surface area contributed by atoms with Crippen molar-refractivity contribution in [3.05, 3.63) is 69.9 Å². The van der Waals surface area contributed by atoms with Crippen LogP contribution in [0.25, 0.3) is 0 Å². The van der Waals surface area contributed by atoms with Crippen LogP contribution < -0.4 is 0 Å². The lowest BCUT2D eigenvalue weighted by Gasteiger charge is -2.12. The van der Waals surface area contributed by atoms with Gasteiger partial charge < -0.3 is 4.74 Å². The van der Waals surface area contributed by atoms with Crippen molar-refractivity contribution in [2.45, 2.75) is 19.6 Å². The molecule has 104 valence electrons. The second-order valence-electron chi connectivity index (χ2n) is 4.45. The lowest BCUT2D eigenvalue weighted by Crippen LogP contribution is -2.20. The summed E-state index contributed by atoms with van der Waals surface area (Å²) in [5, 5.41) is 0. The van der Waals surface area contributed by atoms with E-state index in [0.717, 1.165) is 10.0 Å². The van der Waals surface area contributed by atoms with Crippen LogP contribution in [0.15, 0.2) is 53.0 Å². The van der Waals surface area contributed by atoms with Crippen molar-refractivity contribution in [3.63, 3.8) is 0 Å². The van der Waals surface area contributed by atoms with E-state index in [1.54, 1.807) is 6.92 Å². The summed E-state index contributed by atoms with van der Waals surface area (Å²) in [5.41, 5.74) is 1.45. The number of hydrogen-bond donors (Lipinski definition) is 0. The van der Waals surface area contributed by atoms with Crippen LogP contribution in [0.5, 0.6) is 0 Å². The molecule has 0 heterocycles. The molecule has 0 radical (unpaired) electrons. The van der Waals surface area contributed by atoms with Gasteiger partial charge in [0.15, 0.2) is 5.78 Å². The van der Waals surface area contributed by atoms with Gasteiger partial charge in [0.05, 0.1) is 6.61 Å². The molecule has 0 amide bonds. The third-order valence-electron chi connectivity index (χ3n) is 2.91. The second-order valence-corrected chi connectivity index (χ2v) is 5.37. The number of ketones is 1. The quantitative estimate of drug-likeness (QED) is 0.757. The van der Waals surface area contributed by atoms with Crippen molar-refractivity contribution in [2.24, 2.45) is 0 Å². The summed E-state index contributed by atoms with van der Waals surface area (Å²) in [7, 11) is 0. The maximum atomic E-state index is 12.8. The molecule has 0 saturated heterocycles. The van der Waals surface area contributed by atoms with Gasteiger partial charge in [0.25, 0.3) is 0 Å². The van der Waals surface area contributed by atoms with E-state index in [2.05, 4.69) is 15.9 Å². The van der Waals surface area contributed by atoms with Gasteiger partial charge >= 0.3 is 0 Å². The first-order valence-electron chi connectivity index (χ1n) is 6.22. The summed E-state index contributed by atoms with van der Waals surface area (Å²) in [4.78, 5) is 12.1. The molecule has 1 atom stereocenters. The number of carbonyl (C=O) groups excluding carboxylic acids is 1. The number of halogens is 2. The van der Waals surface area contributed by atoms with E-state index >= 15 is 0 Å². The molecule has 4 heteroatoms. The molecule has 2 rings (SSSR count). The number of hydrogen-bond acceptors (Lipinski definition) is 2. The smallest absolute Gasteiger partial charge is 0.191 e. The maximum Gasteiger partial charge on any atom is 0.191 e. The summed E-state index contributed by atoms with van der Waals surface area (Å²) in [6.07, 6.45) is -0.566. The van der Waals surface area contributed by atoms with Crippen LogP contribution in [-0.4, -0.2) is 11.9 Å². The van der Waals surface area contributed by atoms with Crippen LogP contribution in [0.1, 0.15) is 22.8 Å². The molecule has 2 nitrogen and oxygen atoms in total. The van der Waals surface area contributed by atoms with E-state index in [9.17, 15) is 9.18 Å². The van der Waals surface area contributed by atoms with Gasteiger partial charge in [0.1, 0.15) is 11.9 Å². The van der Waals surface area contributed by atoms with Crippen LogP contribution in [0.3, 0.4) is 0 Å². The highest BCUT2D eigenvalue weighted by Gasteiger charge is 2.15. The summed E-state index contributed by atoms with van der Waals surface area (Å²) in [5.74, 6) is -0.507. The predicted octanol–water partition coefficient (Wildman–Crippen LogP) is 4.38. The molecule has 0 spiro atoms. The van der Waals surface area contributed by atoms with E-state index in [-0.39, 0.29) is 11.6 Å². The number of carbonyl (C=O) groups is 1. The first kappa shape index (κ1) is 14.9. The minimum absolute atomic E-state index is 0.151. The van der Waals surface area contributed by atoms with Gasteiger partial charge in [-0.25, -0.2) is 4.39 Å². The van der Waals surface area contributed by atoms with Crippen molar-refractivity contribution < 1.29 is 13.9 Å². The monoisotopic (exact) mass is 336 g/mol. The lowest BCUT2D eigenvalue weighted by molar-refractivity contribution is 0.0412. The molecule has 2 aromatic carbocycles. The van der Waals surface area contributed by atoms with Crippen LogP contribution in [0.4, 0.5) is 4.39 Å². The Bertz CT molecular complexity index is 578. The third-order valence-corrected chi connectivity index (χ3v) is 3.44. The molecule has 0 aromatic heterocycles. The van der Waals surface area contributed by atoms with Crippen LogP contribution in [0.2, 0.25) is 0 Å². The van der Waals surface area contributed by atoms with Crippen molar-refractivity contribution in [1.29, 1.82) is 0 Å². The van der Waals surface area contributed by atoms with Crippen molar-refractivity contribution in [1.82, 2.24) is 0 Å². The summed E-state index contributed by atoms with van der Waals surface area (Å²) in [6.45, 7) is 2.06. The van der Waals surface area contributed by atoms with Crippen LogP contribution in [-0.2, 0) is 11.3 Å². The van der Waals surface area contributed by atoms with E-state index < -0.39 is 6.10 Å².